The molecule has 0 atom stereocenters. The van der Waals surface area contributed by atoms with Gasteiger partial charge in [-0.3, -0.25) is 0 Å². The summed E-state index contributed by atoms with van der Waals surface area (Å²) in [6, 6.07) is 2.35. The van der Waals surface area contributed by atoms with Gasteiger partial charge in [0, 0.05) is 31.7 Å². The molecule has 1 aromatic heterocycles. The van der Waals surface area contributed by atoms with Gasteiger partial charge < -0.3 is 9.73 Å². The van der Waals surface area contributed by atoms with Gasteiger partial charge in [-0.05, 0) is 25.8 Å². The molecule has 0 aromatic carbocycles. The van der Waals surface area contributed by atoms with Crippen molar-refractivity contribution in [1.82, 2.24) is 9.62 Å². The van der Waals surface area contributed by atoms with Gasteiger partial charge in [0.2, 0.25) is 10.0 Å². The summed E-state index contributed by atoms with van der Waals surface area (Å²) in [5.74, 6) is 0.921. The lowest BCUT2D eigenvalue weighted by molar-refractivity contribution is 0.457. The first-order valence-corrected chi connectivity index (χ1v) is 7.80. The number of nitrogens with one attached hydrogen (secondary N) is 1. The summed E-state index contributed by atoms with van der Waals surface area (Å²) < 4.78 is 30.6. The zero-order chi connectivity index (χ0) is 13.2. The van der Waals surface area contributed by atoms with Crippen molar-refractivity contribution < 1.29 is 12.8 Å². The van der Waals surface area contributed by atoms with Gasteiger partial charge in [-0.15, -0.1) is 0 Å². The number of rotatable bonds is 7. The largest absolute Gasteiger partial charge is 0.469 e. The maximum absolute atomic E-state index is 12.0. The third-order valence-corrected chi connectivity index (χ3v) is 5.00. The highest BCUT2D eigenvalue weighted by atomic mass is 32.2. The Kier molecular flexibility index (Phi) is 4.09. The number of hydrogen-bond donors (Lipinski definition) is 1. The molecule has 1 aromatic rings. The van der Waals surface area contributed by atoms with Crippen LogP contribution in [0.25, 0.3) is 0 Å². The van der Waals surface area contributed by atoms with Crippen LogP contribution in [0.2, 0.25) is 0 Å². The van der Waals surface area contributed by atoms with E-state index in [0.29, 0.717) is 19.1 Å². The molecular weight excluding hydrogens is 252 g/mol. The molecular formula is C12H20N2O3S. The molecule has 1 heterocycles. The van der Waals surface area contributed by atoms with Crippen LogP contribution in [0.15, 0.2) is 16.7 Å². The Bertz CT molecular complexity index is 491. The van der Waals surface area contributed by atoms with Gasteiger partial charge >= 0.3 is 0 Å². The van der Waals surface area contributed by atoms with Crippen molar-refractivity contribution in [3.63, 3.8) is 0 Å². The molecule has 0 amide bonds. The summed E-state index contributed by atoms with van der Waals surface area (Å²) in [5.41, 5.74) is 0.913. The average molecular weight is 272 g/mol. The van der Waals surface area contributed by atoms with Crippen LogP contribution >= 0.6 is 0 Å². The number of nitrogens with zero attached hydrogens (tertiary/aromatic N) is 1. The number of sulfonamides is 1. The van der Waals surface area contributed by atoms with Crippen molar-refractivity contribution in [2.24, 2.45) is 0 Å². The molecule has 1 aliphatic carbocycles. The maximum atomic E-state index is 12.0. The van der Waals surface area contributed by atoms with Gasteiger partial charge in [0.1, 0.15) is 5.76 Å². The van der Waals surface area contributed by atoms with Crippen LogP contribution < -0.4 is 5.32 Å². The first kappa shape index (κ1) is 13.6. The molecule has 0 saturated heterocycles. The highest BCUT2D eigenvalue weighted by molar-refractivity contribution is 7.89. The first-order chi connectivity index (χ1) is 8.49. The SMILES string of the molecule is Cc1occc1CN(C)S(=O)(=O)CCNC1CC1. The van der Waals surface area contributed by atoms with Gasteiger partial charge in [0.25, 0.3) is 0 Å². The van der Waals surface area contributed by atoms with Gasteiger partial charge in [-0.1, -0.05) is 0 Å². The Morgan fingerprint density at radius 3 is 2.78 bits per heavy atom. The van der Waals surface area contributed by atoms with E-state index in [1.54, 1.807) is 13.3 Å². The fourth-order valence-electron chi connectivity index (χ4n) is 1.75. The number of hydrogen-bond acceptors (Lipinski definition) is 4. The standard InChI is InChI=1S/C12H20N2O3S/c1-10-11(5-7-17-10)9-14(2)18(15,16)8-6-13-12-3-4-12/h5,7,12-13H,3-4,6,8-9H2,1-2H3. The summed E-state index contributed by atoms with van der Waals surface area (Å²) in [7, 11) is -1.58. The lowest BCUT2D eigenvalue weighted by Crippen LogP contribution is -2.34. The molecule has 18 heavy (non-hydrogen) atoms. The van der Waals surface area contributed by atoms with Crippen molar-refractivity contribution in [2.75, 3.05) is 19.3 Å². The second-order valence-corrected chi connectivity index (χ2v) is 7.00. The van der Waals surface area contributed by atoms with E-state index in [0.717, 1.165) is 11.3 Å². The minimum absolute atomic E-state index is 0.150. The Morgan fingerprint density at radius 2 is 2.22 bits per heavy atom. The van der Waals surface area contributed by atoms with Gasteiger partial charge in [-0.2, -0.15) is 0 Å². The van der Waals surface area contributed by atoms with Crippen molar-refractivity contribution in [1.29, 1.82) is 0 Å². The zero-order valence-corrected chi connectivity index (χ0v) is 11.7. The smallest absolute Gasteiger partial charge is 0.215 e. The fourth-order valence-corrected chi connectivity index (χ4v) is 2.77. The minimum Gasteiger partial charge on any atom is -0.469 e. The molecule has 1 N–H and O–H groups in total. The summed E-state index contributed by atoms with van der Waals surface area (Å²) in [5, 5.41) is 3.21. The summed E-state index contributed by atoms with van der Waals surface area (Å²) >= 11 is 0. The molecule has 0 spiro atoms. The molecule has 1 saturated carbocycles. The van der Waals surface area contributed by atoms with Crippen LogP contribution in [0.3, 0.4) is 0 Å². The number of furan rings is 1. The molecule has 0 bridgehead atoms. The first-order valence-electron chi connectivity index (χ1n) is 6.19. The molecule has 1 aliphatic rings. The fraction of sp³-hybridized carbons (Fsp3) is 0.667. The van der Waals surface area contributed by atoms with E-state index in [1.165, 1.54) is 17.1 Å². The molecule has 0 radical (unpaired) electrons. The molecule has 2 rings (SSSR count). The van der Waals surface area contributed by atoms with Crippen LogP contribution in [0, 0.1) is 6.92 Å². The van der Waals surface area contributed by atoms with E-state index in [-0.39, 0.29) is 5.75 Å². The lowest BCUT2D eigenvalue weighted by atomic mass is 10.3. The van der Waals surface area contributed by atoms with E-state index in [1.807, 2.05) is 13.0 Å². The summed E-state index contributed by atoms with van der Waals surface area (Å²) in [6.07, 6.45) is 3.92. The van der Waals surface area contributed by atoms with E-state index in [2.05, 4.69) is 5.32 Å². The van der Waals surface area contributed by atoms with E-state index < -0.39 is 10.0 Å². The predicted octanol–water partition coefficient (Wildman–Crippen LogP) is 1.10. The Labute approximate surface area is 108 Å². The maximum Gasteiger partial charge on any atom is 0.215 e. The Balaban J connectivity index is 1.85. The van der Waals surface area contributed by atoms with Gasteiger partial charge in [0.05, 0.1) is 12.0 Å². The van der Waals surface area contributed by atoms with Crippen molar-refractivity contribution in [3.05, 3.63) is 23.7 Å². The molecule has 0 aliphatic heterocycles. The molecule has 1 fully saturated rings. The van der Waals surface area contributed by atoms with Crippen LogP contribution in [0.4, 0.5) is 0 Å². The predicted molar refractivity (Wildman–Crippen MR) is 69.7 cm³/mol. The van der Waals surface area contributed by atoms with Crippen LogP contribution in [0.1, 0.15) is 24.2 Å². The minimum atomic E-state index is -3.19. The van der Waals surface area contributed by atoms with E-state index in [4.69, 9.17) is 4.42 Å². The van der Waals surface area contributed by atoms with Crippen molar-refractivity contribution in [3.8, 4) is 0 Å². The lowest BCUT2D eigenvalue weighted by Gasteiger charge is -2.16. The van der Waals surface area contributed by atoms with Crippen molar-refractivity contribution >= 4 is 10.0 Å². The zero-order valence-electron chi connectivity index (χ0n) is 10.8. The van der Waals surface area contributed by atoms with Gasteiger partial charge in [0.15, 0.2) is 0 Å². The highest BCUT2D eigenvalue weighted by Crippen LogP contribution is 2.18. The summed E-state index contributed by atoms with van der Waals surface area (Å²) in [6.45, 7) is 2.74. The topological polar surface area (TPSA) is 62.6 Å². The average Bonchev–Trinajstić information content (AvgIpc) is 3.03. The highest BCUT2D eigenvalue weighted by Gasteiger charge is 2.23. The van der Waals surface area contributed by atoms with Crippen LogP contribution in [-0.2, 0) is 16.6 Å². The van der Waals surface area contributed by atoms with Gasteiger partial charge in [-0.25, -0.2) is 12.7 Å². The molecule has 6 heteroatoms. The normalized spacial score (nSPS) is 16.4. The molecule has 0 unspecified atom stereocenters. The van der Waals surface area contributed by atoms with Crippen LogP contribution in [-0.4, -0.2) is 38.1 Å². The Hall–Kier alpha value is -0.850. The number of aryl methyl sites for hydroxylation is 1. The van der Waals surface area contributed by atoms with E-state index in [9.17, 15) is 8.42 Å². The third-order valence-electron chi connectivity index (χ3n) is 3.20. The monoisotopic (exact) mass is 272 g/mol. The van der Waals surface area contributed by atoms with Crippen molar-refractivity contribution in [2.45, 2.75) is 32.4 Å². The second-order valence-electron chi connectivity index (χ2n) is 4.80. The quantitative estimate of drug-likeness (QED) is 0.807. The summed E-state index contributed by atoms with van der Waals surface area (Å²) in [4.78, 5) is 0. The molecule has 5 nitrogen and oxygen atoms in total. The second kappa shape index (κ2) is 5.42. The third kappa shape index (κ3) is 3.57. The Morgan fingerprint density at radius 1 is 1.50 bits per heavy atom. The van der Waals surface area contributed by atoms with E-state index >= 15 is 0 Å². The van der Waals surface area contributed by atoms with Crippen LogP contribution in [0.5, 0.6) is 0 Å². The molecule has 102 valence electrons.